The molecule has 0 bridgehead atoms. The van der Waals surface area contributed by atoms with Gasteiger partial charge in [-0.05, 0) is 31.6 Å². The molecule has 0 amide bonds. The van der Waals surface area contributed by atoms with Crippen molar-refractivity contribution in [3.63, 3.8) is 0 Å². The molecule has 1 aliphatic heterocycles. The Morgan fingerprint density at radius 1 is 1.54 bits per heavy atom. The lowest BCUT2D eigenvalue weighted by molar-refractivity contribution is 0.294. The van der Waals surface area contributed by atoms with E-state index in [9.17, 15) is 0 Å². The number of hydrogen-bond donors (Lipinski definition) is 0. The normalized spacial score (nSPS) is 34.2. The van der Waals surface area contributed by atoms with Crippen LogP contribution in [0.15, 0.2) is 24.4 Å². The summed E-state index contributed by atoms with van der Waals surface area (Å²) in [4.78, 5) is 2.50. The van der Waals surface area contributed by atoms with Gasteiger partial charge in [-0.25, -0.2) is 0 Å². The lowest BCUT2D eigenvalue weighted by Gasteiger charge is -2.30. The maximum atomic E-state index is 4.15. The van der Waals surface area contributed by atoms with Gasteiger partial charge in [-0.2, -0.15) is 0 Å². The summed E-state index contributed by atoms with van der Waals surface area (Å²) in [7, 11) is 0. The molecule has 1 heteroatoms. The average molecular weight is 177 g/mol. The van der Waals surface area contributed by atoms with Gasteiger partial charge < -0.3 is 4.90 Å². The average Bonchev–Trinajstić information content (AvgIpc) is 2.47. The minimum absolute atomic E-state index is 0.659. The Labute approximate surface area is 81.1 Å². The summed E-state index contributed by atoms with van der Waals surface area (Å²) >= 11 is 0. The summed E-state index contributed by atoms with van der Waals surface area (Å²) in [6, 6.07) is 0.659. The third kappa shape index (κ3) is 1.79. The quantitative estimate of drug-likeness (QED) is 0.557. The predicted octanol–water partition coefficient (Wildman–Crippen LogP) is 2.95. The molecule has 1 heterocycles. The SMILES string of the molecule is C=C1CC(C)CN1C1C=CCCC1. The van der Waals surface area contributed by atoms with E-state index < -0.39 is 0 Å². The Balaban J connectivity index is 2.03. The van der Waals surface area contributed by atoms with Crippen molar-refractivity contribution in [2.75, 3.05) is 6.54 Å². The molecule has 0 aromatic carbocycles. The summed E-state index contributed by atoms with van der Waals surface area (Å²) in [6.45, 7) is 7.69. The number of rotatable bonds is 1. The van der Waals surface area contributed by atoms with Crippen molar-refractivity contribution in [2.24, 2.45) is 5.92 Å². The van der Waals surface area contributed by atoms with E-state index in [1.165, 1.54) is 37.9 Å². The second-order valence-corrected chi connectivity index (χ2v) is 4.45. The summed E-state index contributed by atoms with van der Waals surface area (Å²) in [6.07, 6.45) is 9.83. The molecule has 0 aromatic rings. The molecule has 1 fully saturated rings. The highest BCUT2D eigenvalue weighted by Crippen LogP contribution is 2.30. The zero-order valence-corrected chi connectivity index (χ0v) is 8.50. The Bertz CT molecular complexity index is 229. The first-order valence-electron chi connectivity index (χ1n) is 5.38. The van der Waals surface area contributed by atoms with Gasteiger partial charge in [-0.1, -0.05) is 25.7 Å². The number of nitrogens with zero attached hydrogens (tertiary/aromatic N) is 1. The van der Waals surface area contributed by atoms with Gasteiger partial charge >= 0.3 is 0 Å². The largest absolute Gasteiger partial charge is 0.369 e. The van der Waals surface area contributed by atoms with E-state index >= 15 is 0 Å². The van der Waals surface area contributed by atoms with E-state index in [2.05, 4.69) is 30.6 Å². The van der Waals surface area contributed by atoms with Crippen LogP contribution in [0.1, 0.15) is 32.6 Å². The van der Waals surface area contributed by atoms with Crippen molar-refractivity contribution in [1.82, 2.24) is 4.90 Å². The van der Waals surface area contributed by atoms with Crippen LogP contribution in [-0.2, 0) is 0 Å². The van der Waals surface area contributed by atoms with Crippen LogP contribution in [-0.4, -0.2) is 17.5 Å². The first-order valence-corrected chi connectivity index (χ1v) is 5.38. The highest BCUT2D eigenvalue weighted by molar-refractivity contribution is 5.10. The molecule has 1 nitrogen and oxygen atoms in total. The molecule has 2 aliphatic rings. The minimum atomic E-state index is 0.659. The Kier molecular flexibility index (Phi) is 2.43. The molecule has 13 heavy (non-hydrogen) atoms. The van der Waals surface area contributed by atoms with E-state index in [4.69, 9.17) is 0 Å². The van der Waals surface area contributed by atoms with E-state index in [1.54, 1.807) is 0 Å². The van der Waals surface area contributed by atoms with Gasteiger partial charge in [0.1, 0.15) is 0 Å². The third-order valence-electron chi connectivity index (χ3n) is 3.13. The van der Waals surface area contributed by atoms with E-state index in [0.29, 0.717) is 6.04 Å². The van der Waals surface area contributed by atoms with Gasteiger partial charge in [0.15, 0.2) is 0 Å². The van der Waals surface area contributed by atoms with Crippen LogP contribution in [0.5, 0.6) is 0 Å². The second-order valence-electron chi connectivity index (χ2n) is 4.45. The lowest BCUT2D eigenvalue weighted by atomic mass is 10.0. The van der Waals surface area contributed by atoms with Crippen molar-refractivity contribution < 1.29 is 0 Å². The fourth-order valence-corrected chi connectivity index (χ4v) is 2.47. The molecule has 1 saturated heterocycles. The monoisotopic (exact) mass is 177 g/mol. The molecular weight excluding hydrogens is 158 g/mol. The fourth-order valence-electron chi connectivity index (χ4n) is 2.47. The zero-order chi connectivity index (χ0) is 9.26. The summed E-state index contributed by atoms with van der Waals surface area (Å²) < 4.78 is 0. The van der Waals surface area contributed by atoms with Crippen LogP contribution >= 0.6 is 0 Å². The Morgan fingerprint density at radius 2 is 2.38 bits per heavy atom. The van der Waals surface area contributed by atoms with Crippen LogP contribution in [0.4, 0.5) is 0 Å². The molecule has 1 aliphatic carbocycles. The zero-order valence-electron chi connectivity index (χ0n) is 8.50. The van der Waals surface area contributed by atoms with E-state index in [1.807, 2.05) is 0 Å². The van der Waals surface area contributed by atoms with Gasteiger partial charge in [-0.3, -0.25) is 0 Å². The molecule has 0 spiro atoms. The van der Waals surface area contributed by atoms with Crippen LogP contribution in [0.2, 0.25) is 0 Å². The van der Waals surface area contributed by atoms with Crippen molar-refractivity contribution >= 4 is 0 Å². The highest BCUT2D eigenvalue weighted by atomic mass is 15.2. The molecule has 2 unspecified atom stereocenters. The van der Waals surface area contributed by atoms with Crippen molar-refractivity contribution in [3.8, 4) is 0 Å². The number of hydrogen-bond acceptors (Lipinski definition) is 1. The molecular formula is C12H19N. The van der Waals surface area contributed by atoms with Gasteiger partial charge in [0, 0.05) is 18.3 Å². The van der Waals surface area contributed by atoms with Crippen molar-refractivity contribution in [3.05, 3.63) is 24.4 Å². The molecule has 0 aromatic heterocycles. The summed E-state index contributed by atoms with van der Waals surface area (Å²) in [5.41, 5.74) is 1.35. The van der Waals surface area contributed by atoms with E-state index in [-0.39, 0.29) is 0 Å². The lowest BCUT2D eigenvalue weighted by Crippen LogP contribution is -2.31. The minimum Gasteiger partial charge on any atom is -0.369 e. The van der Waals surface area contributed by atoms with Crippen LogP contribution < -0.4 is 0 Å². The van der Waals surface area contributed by atoms with Crippen LogP contribution in [0.25, 0.3) is 0 Å². The first-order chi connectivity index (χ1) is 6.27. The molecule has 0 radical (unpaired) electrons. The summed E-state index contributed by atoms with van der Waals surface area (Å²) in [5, 5.41) is 0. The van der Waals surface area contributed by atoms with Gasteiger partial charge in [0.25, 0.3) is 0 Å². The number of likely N-dealkylation sites (tertiary alicyclic amines) is 1. The van der Waals surface area contributed by atoms with Gasteiger partial charge in [0.05, 0.1) is 0 Å². The second kappa shape index (κ2) is 3.57. The molecule has 0 saturated carbocycles. The predicted molar refractivity (Wildman–Crippen MR) is 56.4 cm³/mol. The first kappa shape index (κ1) is 8.86. The van der Waals surface area contributed by atoms with E-state index in [0.717, 1.165) is 5.92 Å². The summed E-state index contributed by atoms with van der Waals surface area (Å²) in [5.74, 6) is 0.808. The fraction of sp³-hybridized carbons (Fsp3) is 0.667. The van der Waals surface area contributed by atoms with Gasteiger partial charge in [-0.15, -0.1) is 0 Å². The van der Waals surface area contributed by atoms with Crippen LogP contribution in [0, 0.1) is 5.92 Å². The smallest absolute Gasteiger partial charge is 0.0470 e. The molecule has 0 N–H and O–H groups in total. The third-order valence-corrected chi connectivity index (χ3v) is 3.13. The Morgan fingerprint density at radius 3 is 2.92 bits per heavy atom. The molecule has 72 valence electrons. The highest BCUT2D eigenvalue weighted by Gasteiger charge is 2.26. The number of allylic oxidation sites excluding steroid dienone is 2. The van der Waals surface area contributed by atoms with Gasteiger partial charge in [0.2, 0.25) is 0 Å². The molecule has 2 rings (SSSR count). The van der Waals surface area contributed by atoms with Crippen molar-refractivity contribution in [2.45, 2.75) is 38.6 Å². The maximum absolute atomic E-state index is 4.15. The topological polar surface area (TPSA) is 3.24 Å². The Hall–Kier alpha value is -0.720. The van der Waals surface area contributed by atoms with Crippen molar-refractivity contribution in [1.29, 1.82) is 0 Å². The standard InChI is InChI=1S/C12H19N/c1-10-8-11(2)13(9-10)12-6-4-3-5-7-12/h4,6,10,12H,2-3,5,7-9H2,1H3. The van der Waals surface area contributed by atoms with Crippen LogP contribution in [0.3, 0.4) is 0 Å². The maximum Gasteiger partial charge on any atom is 0.0470 e. The molecule has 2 atom stereocenters.